The summed E-state index contributed by atoms with van der Waals surface area (Å²) in [7, 11) is 1.28. The van der Waals surface area contributed by atoms with Crippen LogP contribution in [0.4, 0.5) is 8.78 Å². The molecule has 0 fully saturated rings. The summed E-state index contributed by atoms with van der Waals surface area (Å²) in [5, 5.41) is 0. The van der Waals surface area contributed by atoms with Crippen LogP contribution in [-0.2, 0) is 9.53 Å². The van der Waals surface area contributed by atoms with Crippen LogP contribution in [0.5, 0.6) is 5.75 Å². The lowest BCUT2D eigenvalue weighted by molar-refractivity contribution is -0.136. The second-order valence-corrected chi connectivity index (χ2v) is 3.46. The monoisotopic (exact) mass is 256 g/mol. The predicted octanol–water partition coefficient (Wildman–Crippen LogP) is 2.85. The Morgan fingerprint density at radius 3 is 2.72 bits per heavy atom. The average molecular weight is 256 g/mol. The first-order valence-corrected chi connectivity index (χ1v) is 5.43. The van der Waals surface area contributed by atoms with E-state index in [1.54, 1.807) is 6.92 Å². The van der Waals surface area contributed by atoms with E-state index in [2.05, 4.69) is 4.74 Å². The third kappa shape index (κ3) is 3.84. The molecule has 18 heavy (non-hydrogen) atoms. The van der Waals surface area contributed by atoms with Crippen LogP contribution in [0.3, 0.4) is 0 Å². The number of carbonyl (C=O) groups excluding carboxylic acids is 1. The summed E-state index contributed by atoms with van der Waals surface area (Å²) < 4.78 is 35.6. The van der Waals surface area contributed by atoms with Gasteiger partial charge in [0, 0.05) is 11.6 Å². The standard InChI is InChI=1S/C13H14F2O3/c1-3-9(13(16)17-2)6-7-18-12-8-10(14)4-5-11(12)15/h4-6,8H,3,7H2,1-2H3. The van der Waals surface area contributed by atoms with Crippen molar-refractivity contribution in [3.05, 3.63) is 41.5 Å². The van der Waals surface area contributed by atoms with Crippen molar-refractivity contribution in [1.82, 2.24) is 0 Å². The van der Waals surface area contributed by atoms with Crippen molar-refractivity contribution in [3.8, 4) is 5.75 Å². The largest absolute Gasteiger partial charge is 0.486 e. The van der Waals surface area contributed by atoms with Crippen molar-refractivity contribution in [3.63, 3.8) is 0 Å². The molecule has 0 saturated heterocycles. The van der Waals surface area contributed by atoms with Gasteiger partial charge in [0.15, 0.2) is 11.6 Å². The van der Waals surface area contributed by atoms with Gasteiger partial charge in [-0.2, -0.15) is 0 Å². The molecule has 98 valence electrons. The zero-order valence-electron chi connectivity index (χ0n) is 10.2. The Morgan fingerprint density at radius 2 is 2.11 bits per heavy atom. The molecule has 0 aliphatic rings. The van der Waals surface area contributed by atoms with Crippen LogP contribution >= 0.6 is 0 Å². The van der Waals surface area contributed by atoms with Crippen LogP contribution in [0.15, 0.2) is 29.8 Å². The average Bonchev–Trinajstić information content (AvgIpc) is 2.37. The minimum atomic E-state index is -0.652. The molecule has 0 aliphatic heterocycles. The molecule has 0 aromatic heterocycles. The molecule has 0 N–H and O–H groups in total. The van der Waals surface area contributed by atoms with Gasteiger partial charge in [-0.1, -0.05) is 6.92 Å². The van der Waals surface area contributed by atoms with Gasteiger partial charge >= 0.3 is 5.97 Å². The van der Waals surface area contributed by atoms with Crippen molar-refractivity contribution in [1.29, 1.82) is 0 Å². The summed E-state index contributed by atoms with van der Waals surface area (Å²) in [6, 6.07) is 2.94. The number of esters is 1. The van der Waals surface area contributed by atoms with Crippen molar-refractivity contribution in [2.45, 2.75) is 13.3 Å². The van der Waals surface area contributed by atoms with E-state index < -0.39 is 17.6 Å². The first-order valence-electron chi connectivity index (χ1n) is 5.43. The van der Waals surface area contributed by atoms with Gasteiger partial charge in [0.05, 0.1) is 7.11 Å². The van der Waals surface area contributed by atoms with Gasteiger partial charge in [0.25, 0.3) is 0 Å². The van der Waals surface area contributed by atoms with E-state index in [1.165, 1.54) is 13.2 Å². The molecule has 0 amide bonds. The SMILES string of the molecule is CCC(=CCOc1cc(F)ccc1F)C(=O)OC. The highest BCUT2D eigenvalue weighted by Crippen LogP contribution is 2.18. The lowest BCUT2D eigenvalue weighted by Crippen LogP contribution is -2.06. The van der Waals surface area contributed by atoms with Gasteiger partial charge < -0.3 is 9.47 Å². The van der Waals surface area contributed by atoms with Crippen LogP contribution < -0.4 is 4.74 Å². The van der Waals surface area contributed by atoms with Gasteiger partial charge in [-0.25, -0.2) is 13.6 Å². The molecule has 0 atom stereocenters. The maximum atomic E-state index is 13.2. The number of ether oxygens (including phenoxy) is 2. The number of halogens is 2. The van der Waals surface area contributed by atoms with Gasteiger partial charge in [0.1, 0.15) is 12.4 Å². The maximum absolute atomic E-state index is 13.2. The first-order chi connectivity index (χ1) is 8.58. The maximum Gasteiger partial charge on any atom is 0.333 e. The summed E-state index contributed by atoms with van der Waals surface area (Å²) in [5.41, 5.74) is 0.425. The highest BCUT2D eigenvalue weighted by molar-refractivity contribution is 5.88. The van der Waals surface area contributed by atoms with E-state index in [9.17, 15) is 13.6 Å². The summed E-state index contributed by atoms with van der Waals surface area (Å²) in [6.45, 7) is 1.75. The van der Waals surface area contributed by atoms with E-state index in [4.69, 9.17) is 4.74 Å². The van der Waals surface area contributed by atoms with Crippen LogP contribution in [0.2, 0.25) is 0 Å². The summed E-state index contributed by atoms with van der Waals surface area (Å²) in [6.07, 6.45) is 1.96. The minimum Gasteiger partial charge on any atom is -0.486 e. The lowest BCUT2D eigenvalue weighted by atomic mass is 10.2. The number of methoxy groups -OCH3 is 1. The number of hydrogen-bond acceptors (Lipinski definition) is 3. The summed E-state index contributed by atoms with van der Waals surface area (Å²) >= 11 is 0. The fourth-order valence-electron chi connectivity index (χ4n) is 1.32. The fourth-order valence-corrected chi connectivity index (χ4v) is 1.32. The van der Waals surface area contributed by atoms with E-state index in [1.807, 2.05) is 0 Å². The van der Waals surface area contributed by atoms with Crippen molar-refractivity contribution >= 4 is 5.97 Å². The minimum absolute atomic E-state index is 0.0291. The Morgan fingerprint density at radius 1 is 1.39 bits per heavy atom. The Kier molecular flexibility index (Phi) is 5.30. The molecule has 3 nitrogen and oxygen atoms in total. The molecule has 1 rings (SSSR count). The second kappa shape index (κ2) is 6.74. The van der Waals surface area contributed by atoms with Gasteiger partial charge in [-0.05, 0) is 24.6 Å². The zero-order valence-corrected chi connectivity index (χ0v) is 10.2. The quantitative estimate of drug-likeness (QED) is 0.600. The highest BCUT2D eigenvalue weighted by Gasteiger charge is 2.07. The number of hydrogen-bond donors (Lipinski definition) is 0. The van der Waals surface area contributed by atoms with Crippen LogP contribution in [0.1, 0.15) is 13.3 Å². The molecule has 0 bridgehead atoms. The third-order valence-electron chi connectivity index (χ3n) is 2.29. The highest BCUT2D eigenvalue weighted by atomic mass is 19.1. The molecule has 0 heterocycles. The van der Waals surface area contributed by atoms with E-state index in [-0.39, 0.29) is 12.4 Å². The van der Waals surface area contributed by atoms with Crippen LogP contribution in [0.25, 0.3) is 0 Å². The molecule has 1 aromatic carbocycles. The topological polar surface area (TPSA) is 35.5 Å². The Labute approximate surface area is 104 Å². The van der Waals surface area contributed by atoms with Crippen molar-refractivity contribution < 1.29 is 23.0 Å². The molecule has 0 aliphatic carbocycles. The third-order valence-corrected chi connectivity index (χ3v) is 2.29. The van der Waals surface area contributed by atoms with Crippen molar-refractivity contribution in [2.24, 2.45) is 0 Å². The molecular weight excluding hydrogens is 242 g/mol. The molecule has 0 spiro atoms. The second-order valence-electron chi connectivity index (χ2n) is 3.46. The summed E-state index contributed by atoms with van der Waals surface area (Å²) in [5.74, 6) is -1.88. The first kappa shape index (κ1) is 14.2. The van der Waals surface area contributed by atoms with E-state index >= 15 is 0 Å². The fraction of sp³-hybridized carbons (Fsp3) is 0.308. The van der Waals surface area contributed by atoms with Gasteiger partial charge in [0.2, 0.25) is 0 Å². The molecule has 0 radical (unpaired) electrons. The van der Waals surface area contributed by atoms with Gasteiger partial charge in [-0.3, -0.25) is 0 Å². The Hall–Kier alpha value is -1.91. The Bertz CT molecular complexity index is 456. The molecule has 1 aromatic rings. The number of benzene rings is 1. The van der Waals surface area contributed by atoms with E-state index in [0.29, 0.717) is 12.0 Å². The van der Waals surface area contributed by atoms with Crippen molar-refractivity contribution in [2.75, 3.05) is 13.7 Å². The van der Waals surface area contributed by atoms with E-state index in [0.717, 1.165) is 18.2 Å². The smallest absolute Gasteiger partial charge is 0.333 e. The predicted molar refractivity (Wildman–Crippen MR) is 62.2 cm³/mol. The zero-order chi connectivity index (χ0) is 13.5. The van der Waals surface area contributed by atoms with Gasteiger partial charge in [-0.15, -0.1) is 0 Å². The molecule has 0 unspecified atom stereocenters. The number of rotatable bonds is 5. The normalized spacial score (nSPS) is 11.2. The molecule has 0 saturated carbocycles. The Balaban J connectivity index is 2.67. The molecular formula is C13H14F2O3. The van der Waals surface area contributed by atoms with Crippen LogP contribution in [0, 0.1) is 11.6 Å². The molecule has 5 heteroatoms. The summed E-state index contributed by atoms with van der Waals surface area (Å²) in [4.78, 5) is 11.2. The number of carbonyl (C=O) groups is 1. The van der Waals surface area contributed by atoms with Crippen LogP contribution in [-0.4, -0.2) is 19.7 Å². The lowest BCUT2D eigenvalue weighted by Gasteiger charge is -2.06.